The summed E-state index contributed by atoms with van der Waals surface area (Å²) in [5, 5.41) is 0. The SMILES string of the molecule is C=[C-]Cl.[Au+].[Ru]. The molecule has 0 aromatic rings. The molecule has 0 aromatic carbocycles. The second-order valence-electron chi connectivity index (χ2n) is 0.134. The van der Waals surface area contributed by atoms with Crippen molar-refractivity contribution in [3.05, 3.63) is 12.1 Å². The Bertz CT molecular complexity index is 17.1. The molecular weight excluding hydrogens is 358 g/mol. The van der Waals surface area contributed by atoms with Gasteiger partial charge in [-0.25, -0.2) is 0 Å². The average molecular weight is 360 g/mol. The van der Waals surface area contributed by atoms with Gasteiger partial charge in [0.25, 0.3) is 0 Å². The topological polar surface area (TPSA) is 0 Å². The van der Waals surface area contributed by atoms with Gasteiger partial charge in [-0.05, 0) is 0 Å². The van der Waals surface area contributed by atoms with Gasteiger partial charge in [-0.1, -0.05) is 0 Å². The van der Waals surface area contributed by atoms with E-state index in [0.29, 0.717) is 0 Å². The molecule has 0 unspecified atom stereocenters. The molecule has 0 fully saturated rings. The van der Waals surface area contributed by atoms with E-state index >= 15 is 0 Å². The third kappa shape index (κ3) is 32.0. The Balaban J connectivity index is -0.0000000200. The van der Waals surface area contributed by atoms with Gasteiger partial charge in [0, 0.05) is 19.5 Å². The maximum atomic E-state index is 4.64. The molecule has 36 valence electrons. The Labute approximate surface area is 65.2 Å². The summed E-state index contributed by atoms with van der Waals surface area (Å²) in [6.45, 7) is 3.00. The summed E-state index contributed by atoms with van der Waals surface area (Å²) < 4.78 is 0. The van der Waals surface area contributed by atoms with Gasteiger partial charge in [0.1, 0.15) is 0 Å². The minimum absolute atomic E-state index is 0. The van der Waals surface area contributed by atoms with Crippen molar-refractivity contribution in [3.8, 4) is 0 Å². The van der Waals surface area contributed by atoms with Crippen LogP contribution in [0.4, 0.5) is 0 Å². The van der Waals surface area contributed by atoms with Crippen LogP contribution in [0.5, 0.6) is 0 Å². The van der Waals surface area contributed by atoms with Gasteiger partial charge in [0.2, 0.25) is 0 Å². The molecule has 0 aliphatic carbocycles. The Hall–Kier alpha value is 1.39. The molecule has 0 rings (SSSR count). The molecule has 3 heteroatoms. The molecule has 5 heavy (non-hydrogen) atoms. The van der Waals surface area contributed by atoms with E-state index in [-0.39, 0.29) is 41.9 Å². The second kappa shape index (κ2) is 18.2. The molecule has 0 amide bonds. The molecule has 0 saturated carbocycles. The van der Waals surface area contributed by atoms with Crippen LogP contribution in [-0.4, -0.2) is 0 Å². The molecule has 0 atom stereocenters. The van der Waals surface area contributed by atoms with Crippen molar-refractivity contribution < 1.29 is 41.9 Å². The first-order valence-electron chi connectivity index (χ1n) is 0.543. The quantitative estimate of drug-likeness (QED) is 0.450. The Kier molecular flexibility index (Phi) is 58.7. The van der Waals surface area contributed by atoms with Crippen molar-refractivity contribution in [2.45, 2.75) is 0 Å². The number of halogens is 1. The van der Waals surface area contributed by atoms with E-state index in [2.05, 4.69) is 18.2 Å². The summed E-state index contributed by atoms with van der Waals surface area (Å²) in [5.74, 6) is 0. The van der Waals surface area contributed by atoms with Gasteiger partial charge in [0.15, 0.2) is 0 Å². The summed E-state index contributed by atoms with van der Waals surface area (Å²) >= 11 is 4.64. The van der Waals surface area contributed by atoms with E-state index in [1.165, 1.54) is 0 Å². The predicted molar refractivity (Wildman–Crippen MR) is 14.7 cm³/mol. The minimum Gasteiger partial charge on any atom is -0.406 e. The molecule has 0 heterocycles. The minimum atomic E-state index is 0. The van der Waals surface area contributed by atoms with Crippen molar-refractivity contribution in [2.75, 3.05) is 0 Å². The molecule has 0 spiro atoms. The molecule has 0 N–H and O–H groups in total. The molecule has 0 aliphatic rings. The molecule has 0 saturated heterocycles. The smallest absolute Gasteiger partial charge is 0.406 e. The summed E-state index contributed by atoms with van der Waals surface area (Å²) in [4.78, 5) is 0. The number of hydrogen-bond acceptors (Lipinski definition) is 0. The van der Waals surface area contributed by atoms with E-state index < -0.39 is 0 Å². The van der Waals surface area contributed by atoms with Gasteiger partial charge in [0.05, 0.1) is 0 Å². The Morgan fingerprint density at radius 1 is 1.60 bits per heavy atom. The van der Waals surface area contributed by atoms with Gasteiger partial charge in [-0.3, -0.25) is 6.58 Å². The van der Waals surface area contributed by atoms with Crippen LogP contribution in [0.25, 0.3) is 0 Å². The number of rotatable bonds is 0. The first-order valence-corrected chi connectivity index (χ1v) is 0.921. The number of hydrogen-bond donors (Lipinski definition) is 0. The standard InChI is InChI=1S/C2H2Cl.Au.Ru/c1-2-3;;/h1H2;;/q-1;+1;. The third-order valence-electron chi connectivity index (χ3n) is 0. The van der Waals surface area contributed by atoms with Crippen molar-refractivity contribution in [1.82, 2.24) is 0 Å². The predicted octanol–water partition coefficient (Wildman–Crippen LogP) is 1.17. The Morgan fingerprint density at radius 2 is 1.60 bits per heavy atom. The van der Waals surface area contributed by atoms with Gasteiger partial charge in [-0.2, -0.15) is 0 Å². The second-order valence-corrected chi connectivity index (χ2v) is 0.401. The van der Waals surface area contributed by atoms with Gasteiger partial charge >= 0.3 is 22.4 Å². The van der Waals surface area contributed by atoms with E-state index in [0.717, 1.165) is 0 Å². The van der Waals surface area contributed by atoms with Crippen LogP contribution in [-0.2, 0) is 41.9 Å². The summed E-state index contributed by atoms with van der Waals surface area (Å²) in [5.41, 5.74) is 1.97. The summed E-state index contributed by atoms with van der Waals surface area (Å²) in [6, 6.07) is 0. The van der Waals surface area contributed by atoms with Crippen molar-refractivity contribution in [1.29, 1.82) is 0 Å². The molecular formula is C2H2AuClRu. The fourth-order valence-corrected chi connectivity index (χ4v) is 0. The van der Waals surface area contributed by atoms with Crippen LogP contribution < -0.4 is 0 Å². The molecule has 0 radical (unpaired) electrons. The molecule has 0 aliphatic heterocycles. The third-order valence-corrected chi connectivity index (χ3v) is 0. The van der Waals surface area contributed by atoms with E-state index in [4.69, 9.17) is 0 Å². The maximum Gasteiger partial charge on any atom is 1.00 e. The van der Waals surface area contributed by atoms with Gasteiger partial charge < -0.3 is 17.1 Å². The van der Waals surface area contributed by atoms with Crippen LogP contribution in [0.15, 0.2) is 6.58 Å². The fourth-order valence-electron chi connectivity index (χ4n) is 0. The summed E-state index contributed by atoms with van der Waals surface area (Å²) in [6.07, 6.45) is 0. The largest absolute Gasteiger partial charge is 1.00 e. The normalized spacial score (nSPS) is 2.60. The van der Waals surface area contributed by atoms with Crippen LogP contribution in [0.3, 0.4) is 0 Å². The van der Waals surface area contributed by atoms with Crippen molar-refractivity contribution in [3.63, 3.8) is 0 Å². The molecule has 0 bridgehead atoms. The van der Waals surface area contributed by atoms with Crippen molar-refractivity contribution in [2.24, 2.45) is 0 Å². The summed E-state index contributed by atoms with van der Waals surface area (Å²) in [7, 11) is 0. The van der Waals surface area contributed by atoms with Crippen molar-refractivity contribution >= 4 is 11.6 Å². The maximum absolute atomic E-state index is 4.64. The fraction of sp³-hybridized carbons (Fsp3) is 0. The van der Waals surface area contributed by atoms with Crippen LogP contribution in [0.2, 0.25) is 0 Å². The zero-order valence-corrected chi connectivity index (χ0v) is 6.90. The zero-order chi connectivity index (χ0) is 2.71. The zero-order valence-electron chi connectivity index (χ0n) is 2.24. The first-order chi connectivity index (χ1) is 1.41. The van der Waals surface area contributed by atoms with Crippen LogP contribution in [0.1, 0.15) is 0 Å². The van der Waals surface area contributed by atoms with E-state index in [9.17, 15) is 0 Å². The van der Waals surface area contributed by atoms with Crippen LogP contribution in [0, 0.1) is 5.54 Å². The van der Waals surface area contributed by atoms with E-state index in [1.807, 2.05) is 5.54 Å². The molecule has 0 aromatic heterocycles. The van der Waals surface area contributed by atoms with Gasteiger partial charge in [-0.15, -0.1) is 0 Å². The average Bonchev–Trinajstić information content (AvgIpc) is 0.918. The van der Waals surface area contributed by atoms with Crippen LogP contribution >= 0.6 is 11.6 Å². The first kappa shape index (κ1) is 16.2. The molecule has 0 nitrogen and oxygen atoms in total. The Morgan fingerprint density at radius 3 is 1.60 bits per heavy atom. The van der Waals surface area contributed by atoms with E-state index in [1.54, 1.807) is 0 Å². The monoisotopic (exact) mass is 360 g/mol.